The minimum Gasteiger partial charge on any atom is -0.353 e. The number of amides is 1. The molecule has 1 aromatic carbocycles. The minimum absolute atomic E-state index is 0.0560. The highest BCUT2D eigenvalue weighted by molar-refractivity contribution is 7.99. The SMILES string of the molecule is CC[C@H](C)NC(=O)CSc1nc2sccc2c(=O)n1-c1ccccc1. The molecule has 0 saturated heterocycles. The quantitative estimate of drug-likeness (QED) is 0.531. The highest BCUT2D eigenvalue weighted by Gasteiger charge is 2.15. The van der Waals surface area contributed by atoms with Crippen molar-refractivity contribution in [1.29, 1.82) is 0 Å². The Hall–Kier alpha value is -2.12. The van der Waals surface area contributed by atoms with Gasteiger partial charge < -0.3 is 5.32 Å². The summed E-state index contributed by atoms with van der Waals surface area (Å²) in [4.78, 5) is 30.3. The summed E-state index contributed by atoms with van der Waals surface area (Å²) in [6, 6.07) is 11.3. The van der Waals surface area contributed by atoms with Crippen LogP contribution in [0.5, 0.6) is 0 Å². The van der Waals surface area contributed by atoms with Gasteiger partial charge in [0.05, 0.1) is 16.8 Å². The summed E-state index contributed by atoms with van der Waals surface area (Å²) in [5.41, 5.74) is 0.639. The van der Waals surface area contributed by atoms with E-state index in [4.69, 9.17) is 0 Å². The Morgan fingerprint density at radius 3 is 2.80 bits per heavy atom. The topological polar surface area (TPSA) is 64.0 Å². The number of hydrogen-bond donors (Lipinski definition) is 1. The third kappa shape index (κ3) is 3.93. The molecule has 1 amide bonds. The van der Waals surface area contributed by atoms with Gasteiger partial charge in [-0.1, -0.05) is 36.9 Å². The van der Waals surface area contributed by atoms with Crippen molar-refractivity contribution in [3.63, 3.8) is 0 Å². The maximum Gasteiger partial charge on any atom is 0.267 e. The molecule has 25 heavy (non-hydrogen) atoms. The predicted octanol–water partition coefficient (Wildman–Crippen LogP) is 3.45. The van der Waals surface area contributed by atoms with E-state index in [9.17, 15) is 9.59 Å². The summed E-state index contributed by atoms with van der Waals surface area (Å²) < 4.78 is 1.58. The van der Waals surface area contributed by atoms with E-state index in [1.165, 1.54) is 23.1 Å². The van der Waals surface area contributed by atoms with E-state index < -0.39 is 0 Å². The number of carbonyl (C=O) groups excluding carboxylic acids is 1. The molecule has 1 atom stereocenters. The fourth-order valence-corrected chi connectivity index (χ4v) is 3.97. The lowest BCUT2D eigenvalue weighted by Crippen LogP contribution is -2.33. The third-order valence-electron chi connectivity index (χ3n) is 3.83. The van der Waals surface area contributed by atoms with Crippen LogP contribution < -0.4 is 10.9 Å². The number of nitrogens with one attached hydrogen (secondary N) is 1. The van der Waals surface area contributed by atoms with E-state index >= 15 is 0 Å². The standard InChI is InChI=1S/C18H19N3O2S2/c1-3-12(2)19-15(22)11-25-18-20-16-14(9-10-24-16)17(23)21(18)13-7-5-4-6-8-13/h4-10,12H,3,11H2,1-2H3,(H,19,22)/t12-/m0/s1. The smallest absolute Gasteiger partial charge is 0.267 e. The van der Waals surface area contributed by atoms with Gasteiger partial charge in [0.2, 0.25) is 5.91 Å². The summed E-state index contributed by atoms with van der Waals surface area (Å²) in [5, 5.41) is 5.93. The number of fused-ring (bicyclic) bond motifs is 1. The molecular weight excluding hydrogens is 354 g/mol. The van der Waals surface area contributed by atoms with Crippen LogP contribution in [0, 0.1) is 0 Å². The van der Waals surface area contributed by atoms with Crippen LogP contribution in [0.25, 0.3) is 15.9 Å². The molecule has 3 aromatic rings. The molecule has 0 saturated carbocycles. The molecule has 2 aromatic heterocycles. The van der Waals surface area contributed by atoms with Gasteiger partial charge in [0.1, 0.15) is 4.83 Å². The summed E-state index contributed by atoms with van der Waals surface area (Å²) in [5.74, 6) is 0.167. The lowest BCUT2D eigenvalue weighted by Gasteiger charge is -2.13. The van der Waals surface area contributed by atoms with E-state index in [1.54, 1.807) is 10.6 Å². The zero-order chi connectivity index (χ0) is 17.8. The fraction of sp³-hybridized carbons (Fsp3) is 0.278. The fourth-order valence-electron chi connectivity index (χ4n) is 2.35. The highest BCUT2D eigenvalue weighted by atomic mass is 32.2. The van der Waals surface area contributed by atoms with Gasteiger partial charge in [-0.3, -0.25) is 14.2 Å². The molecule has 0 aliphatic heterocycles. The number of benzene rings is 1. The first-order chi connectivity index (χ1) is 12.1. The van der Waals surface area contributed by atoms with E-state index in [2.05, 4.69) is 10.3 Å². The van der Waals surface area contributed by atoms with Gasteiger partial charge in [0.15, 0.2) is 5.16 Å². The lowest BCUT2D eigenvalue weighted by atomic mass is 10.3. The van der Waals surface area contributed by atoms with Gasteiger partial charge in [-0.05, 0) is 36.9 Å². The van der Waals surface area contributed by atoms with Crippen molar-refractivity contribution in [3.05, 3.63) is 52.1 Å². The molecule has 7 heteroatoms. The van der Waals surface area contributed by atoms with Crippen LogP contribution in [-0.2, 0) is 4.79 Å². The Labute approximate surface area is 154 Å². The molecule has 0 fully saturated rings. The number of rotatable bonds is 6. The summed E-state index contributed by atoms with van der Waals surface area (Å²) in [6.07, 6.45) is 0.879. The van der Waals surface area contributed by atoms with Crippen LogP contribution in [0.2, 0.25) is 0 Å². The van der Waals surface area contributed by atoms with Gasteiger partial charge in [-0.15, -0.1) is 11.3 Å². The van der Waals surface area contributed by atoms with E-state index in [0.29, 0.717) is 15.4 Å². The second kappa shape index (κ2) is 7.84. The van der Waals surface area contributed by atoms with Crippen LogP contribution in [0.4, 0.5) is 0 Å². The van der Waals surface area contributed by atoms with Gasteiger partial charge in [-0.25, -0.2) is 4.98 Å². The molecule has 0 unspecified atom stereocenters. The van der Waals surface area contributed by atoms with Crippen molar-refractivity contribution in [2.24, 2.45) is 0 Å². The van der Waals surface area contributed by atoms with Gasteiger partial charge in [0, 0.05) is 6.04 Å². The minimum atomic E-state index is -0.109. The van der Waals surface area contributed by atoms with E-state index in [0.717, 1.165) is 12.1 Å². The van der Waals surface area contributed by atoms with Crippen molar-refractivity contribution < 1.29 is 4.79 Å². The molecule has 1 N–H and O–H groups in total. The summed E-state index contributed by atoms with van der Waals surface area (Å²) >= 11 is 2.71. The maximum absolute atomic E-state index is 12.9. The largest absolute Gasteiger partial charge is 0.353 e. The first kappa shape index (κ1) is 17.7. The van der Waals surface area contributed by atoms with Crippen molar-refractivity contribution in [2.75, 3.05) is 5.75 Å². The second-order valence-electron chi connectivity index (χ2n) is 5.68. The molecule has 130 valence electrons. The van der Waals surface area contributed by atoms with E-state index in [-0.39, 0.29) is 23.3 Å². The van der Waals surface area contributed by atoms with E-state index in [1.807, 2.05) is 49.6 Å². The summed E-state index contributed by atoms with van der Waals surface area (Å²) in [6.45, 7) is 4.00. The molecule has 5 nitrogen and oxygen atoms in total. The Balaban J connectivity index is 1.96. The number of thioether (sulfide) groups is 1. The molecule has 0 bridgehead atoms. The Kier molecular flexibility index (Phi) is 5.55. The van der Waals surface area contributed by atoms with Crippen LogP contribution >= 0.6 is 23.1 Å². The Bertz CT molecular complexity index is 934. The Morgan fingerprint density at radius 2 is 2.08 bits per heavy atom. The second-order valence-corrected chi connectivity index (χ2v) is 7.51. The molecule has 0 aliphatic carbocycles. The number of nitrogens with zero attached hydrogens (tertiary/aromatic N) is 2. The number of thiophene rings is 1. The number of aromatic nitrogens is 2. The van der Waals surface area contributed by atoms with Crippen molar-refractivity contribution in [1.82, 2.24) is 14.9 Å². The lowest BCUT2D eigenvalue weighted by molar-refractivity contribution is -0.119. The zero-order valence-corrected chi connectivity index (χ0v) is 15.7. The highest BCUT2D eigenvalue weighted by Crippen LogP contribution is 2.23. The van der Waals surface area contributed by atoms with Crippen LogP contribution in [-0.4, -0.2) is 27.3 Å². The number of hydrogen-bond acceptors (Lipinski definition) is 5. The molecule has 0 aliphatic rings. The molecule has 3 rings (SSSR count). The van der Waals surface area contributed by atoms with Crippen molar-refractivity contribution in [2.45, 2.75) is 31.5 Å². The molecule has 0 spiro atoms. The van der Waals surface area contributed by atoms with Gasteiger partial charge >= 0.3 is 0 Å². The monoisotopic (exact) mass is 373 g/mol. The number of para-hydroxylation sites is 1. The predicted molar refractivity (Wildman–Crippen MR) is 104 cm³/mol. The van der Waals surface area contributed by atoms with Gasteiger partial charge in [-0.2, -0.15) is 0 Å². The average molecular weight is 374 g/mol. The maximum atomic E-state index is 12.9. The number of carbonyl (C=O) groups is 1. The van der Waals surface area contributed by atoms with Crippen LogP contribution in [0.1, 0.15) is 20.3 Å². The molecular formula is C18H19N3O2S2. The normalized spacial score (nSPS) is 12.2. The average Bonchev–Trinajstić information content (AvgIpc) is 3.09. The first-order valence-corrected chi connectivity index (χ1v) is 9.94. The van der Waals surface area contributed by atoms with Crippen molar-refractivity contribution in [3.8, 4) is 5.69 Å². The first-order valence-electron chi connectivity index (χ1n) is 8.08. The summed E-state index contributed by atoms with van der Waals surface area (Å²) in [7, 11) is 0. The molecule has 2 heterocycles. The zero-order valence-electron chi connectivity index (χ0n) is 14.1. The molecule has 0 radical (unpaired) electrons. The van der Waals surface area contributed by atoms with Gasteiger partial charge in [0.25, 0.3) is 5.56 Å². The van der Waals surface area contributed by atoms with Crippen LogP contribution in [0.3, 0.4) is 0 Å². The Morgan fingerprint density at radius 1 is 1.32 bits per heavy atom. The van der Waals surface area contributed by atoms with Crippen molar-refractivity contribution >= 4 is 39.2 Å². The third-order valence-corrected chi connectivity index (χ3v) is 5.58. The van der Waals surface area contributed by atoms with Crippen LogP contribution in [0.15, 0.2) is 51.7 Å².